The predicted molar refractivity (Wildman–Crippen MR) is 62.6 cm³/mol. The molecule has 0 aliphatic heterocycles. The van der Waals surface area contributed by atoms with Crippen molar-refractivity contribution in [3.63, 3.8) is 0 Å². The first-order valence-electron chi connectivity index (χ1n) is 5.16. The Morgan fingerprint density at radius 1 is 1.50 bits per heavy atom. The topological polar surface area (TPSA) is 87.6 Å². The molecule has 1 heterocycles. The van der Waals surface area contributed by atoms with E-state index in [-0.39, 0.29) is 11.2 Å². The molecule has 0 atom stereocenters. The summed E-state index contributed by atoms with van der Waals surface area (Å²) < 4.78 is 0. The minimum atomic E-state index is 0.142. The van der Waals surface area contributed by atoms with Crippen LogP contribution >= 0.6 is 0 Å². The van der Waals surface area contributed by atoms with Gasteiger partial charge < -0.3 is 11.1 Å². The van der Waals surface area contributed by atoms with Crippen molar-refractivity contribution < 1.29 is 0 Å². The van der Waals surface area contributed by atoms with E-state index in [0.29, 0.717) is 12.4 Å². The lowest BCUT2D eigenvalue weighted by Gasteiger charge is -2.20. The molecule has 16 heavy (non-hydrogen) atoms. The second-order valence-electron chi connectivity index (χ2n) is 4.80. The first-order chi connectivity index (χ1) is 7.46. The van der Waals surface area contributed by atoms with Gasteiger partial charge in [-0.2, -0.15) is 5.26 Å². The largest absolute Gasteiger partial charge is 0.369 e. The molecule has 0 radical (unpaired) electrons. The third kappa shape index (κ3) is 3.48. The van der Waals surface area contributed by atoms with Crippen LogP contribution in [0, 0.1) is 16.7 Å². The standard InChI is InChI=1S/C11H17N5/c1-11(2,3)7-15-10-8(4-12)6-14-9(5-13)16-10/h6H,4,7,12H2,1-3H3,(H,14,15,16). The number of anilines is 1. The molecule has 1 rings (SSSR count). The van der Waals surface area contributed by atoms with E-state index in [1.165, 1.54) is 0 Å². The zero-order valence-electron chi connectivity index (χ0n) is 9.91. The highest BCUT2D eigenvalue weighted by molar-refractivity contribution is 5.44. The summed E-state index contributed by atoms with van der Waals surface area (Å²) in [5, 5.41) is 11.9. The van der Waals surface area contributed by atoms with Gasteiger partial charge in [-0.25, -0.2) is 9.97 Å². The first kappa shape index (κ1) is 12.4. The van der Waals surface area contributed by atoms with Crippen molar-refractivity contribution in [2.75, 3.05) is 11.9 Å². The van der Waals surface area contributed by atoms with Gasteiger partial charge in [0.25, 0.3) is 0 Å². The molecule has 0 spiro atoms. The van der Waals surface area contributed by atoms with Crippen molar-refractivity contribution >= 4 is 5.82 Å². The molecule has 3 N–H and O–H groups in total. The summed E-state index contributed by atoms with van der Waals surface area (Å²) in [6, 6.07) is 1.91. The summed E-state index contributed by atoms with van der Waals surface area (Å²) in [5.74, 6) is 0.817. The molecule has 0 saturated carbocycles. The second kappa shape index (κ2) is 4.90. The minimum Gasteiger partial charge on any atom is -0.369 e. The first-order valence-corrected chi connectivity index (χ1v) is 5.16. The lowest BCUT2D eigenvalue weighted by Crippen LogP contribution is -2.21. The van der Waals surface area contributed by atoms with Crippen LogP contribution in [0.3, 0.4) is 0 Å². The van der Waals surface area contributed by atoms with Crippen LogP contribution in [0.2, 0.25) is 0 Å². The number of nitrogens with two attached hydrogens (primary N) is 1. The summed E-state index contributed by atoms with van der Waals surface area (Å²) in [6.07, 6.45) is 1.59. The Bertz CT molecular complexity index is 400. The van der Waals surface area contributed by atoms with E-state index in [2.05, 4.69) is 36.1 Å². The van der Waals surface area contributed by atoms with E-state index in [4.69, 9.17) is 11.0 Å². The van der Waals surface area contributed by atoms with Gasteiger partial charge in [-0.05, 0) is 5.41 Å². The van der Waals surface area contributed by atoms with Crippen LogP contribution in [-0.2, 0) is 6.54 Å². The Kier molecular flexibility index (Phi) is 3.80. The van der Waals surface area contributed by atoms with Gasteiger partial charge in [-0.3, -0.25) is 0 Å². The van der Waals surface area contributed by atoms with Crippen LogP contribution < -0.4 is 11.1 Å². The molecule has 0 bridgehead atoms. The van der Waals surface area contributed by atoms with Crippen molar-refractivity contribution in [2.45, 2.75) is 27.3 Å². The number of hydrogen-bond donors (Lipinski definition) is 2. The number of nitrogens with one attached hydrogen (secondary N) is 1. The molecule has 0 amide bonds. The Morgan fingerprint density at radius 2 is 2.19 bits per heavy atom. The molecule has 86 valence electrons. The average Bonchev–Trinajstić information content (AvgIpc) is 2.25. The van der Waals surface area contributed by atoms with E-state index in [1.54, 1.807) is 6.20 Å². The van der Waals surface area contributed by atoms with Gasteiger partial charge in [-0.15, -0.1) is 0 Å². The molecule has 5 heteroatoms. The number of nitriles is 1. The maximum absolute atomic E-state index is 8.72. The summed E-state index contributed by atoms with van der Waals surface area (Å²) in [6.45, 7) is 7.48. The SMILES string of the molecule is CC(C)(C)CNc1nc(C#N)ncc1CN. The summed E-state index contributed by atoms with van der Waals surface area (Å²) in [7, 11) is 0. The quantitative estimate of drug-likeness (QED) is 0.799. The molecular weight excluding hydrogens is 202 g/mol. The highest BCUT2D eigenvalue weighted by Gasteiger charge is 2.12. The van der Waals surface area contributed by atoms with E-state index < -0.39 is 0 Å². The molecule has 0 aromatic carbocycles. The van der Waals surface area contributed by atoms with E-state index in [1.807, 2.05) is 6.07 Å². The summed E-state index contributed by atoms with van der Waals surface area (Å²) in [4.78, 5) is 7.98. The van der Waals surface area contributed by atoms with Gasteiger partial charge in [0, 0.05) is 24.8 Å². The van der Waals surface area contributed by atoms with Crippen LogP contribution in [0.1, 0.15) is 32.2 Å². The maximum Gasteiger partial charge on any atom is 0.234 e. The molecule has 1 aromatic rings. The van der Waals surface area contributed by atoms with Crippen molar-refractivity contribution in [1.82, 2.24) is 9.97 Å². The van der Waals surface area contributed by atoms with Gasteiger partial charge in [0.2, 0.25) is 5.82 Å². The van der Waals surface area contributed by atoms with E-state index in [9.17, 15) is 0 Å². The highest BCUT2D eigenvalue weighted by Crippen LogP contribution is 2.16. The van der Waals surface area contributed by atoms with Crippen LogP contribution in [0.15, 0.2) is 6.20 Å². The Labute approximate surface area is 95.7 Å². The lowest BCUT2D eigenvalue weighted by atomic mass is 9.97. The molecule has 0 aliphatic carbocycles. The lowest BCUT2D eigenvalue weighted by molar-refractivity contribution is 0.442. The normalized spacial score (nSPS) is 10.9. The second-order valence-corrected chi connectivity index (χ2v) is 4.80. The summed E-state index contributed by atoms with van der Waals surface area (Å²) in [5.41, 5.74) is 6.54. The number of nitrogens with zero attached hydrogens (tertiary/aromatic N) is 3. The van der Waals surface area contributed by atoms with Crippen LogP contribution in [-0.4, -0.2) is 16.5 Å². The predicted octanol–water partition coefficient (Wildman–Crippen LogP) is 1.26. The van der Waals surface area contributed by atoms with Crippen molar-refractivity contribution in [3.8, 4) is 6.07 Å². The van der Waals surface area contributed by atoms with Crippen molar-refractivity contribution in [1.29, 1.82) is 5.26 Å². The molecule has 0 saturated heterocycles. The fourth-order valence-corrected chi connectivity index (χ4v) is 1.11. The Morgan fingerprint density at radius 3 is 2.69 bits per heavy atom. The molecule has 0 fully saturated rings. The van der Waals surface area contributed by atoms with E-state index in [0.717, 1.165) is 12.1 Å². The van der Waals surface area contributed by atoms with Gasteiger partial charge >= 0.3 is 0 Å². The monoisotopic (exact) mass is 219 g/mol. The van der Waals surface area contributed by atoms with Crippen LogP contribution in [0.5, 0.6) is 0 Å². The van der Waals surface area contributed by atoms with Crippen LogP contribution in [0.25, 0.3) is 0 Å². The Balaban J connectivity index is 2.88. The molecule has 0 unspecified atom stereocenters. The van der Waals surface area contributed by atoms with Crippen LogP contribution in [0.4, 0.5) is 5.82 Å². The van der Waals surface area contributed by atoms with Crippen molar-refractivity contribution in [2.24, 2.45) is 11.1 Å². The van der Waals surface area contributed by atoms with Crippen molar-refractivity contribution in [3.05, 3.63) is 17.6 Å². The maximum atomic E-state index is 8.72. The molecule has 5 nitrogen and oxygen atoms in total. The third-order valence-electron chi connectivity index (χ3n) is 1.97. The molecule has 0 aliphatic rings. The zero-order chi connectivity index (χ0) is 12.2. The van der Waals surface area contributed by atoms with E-state index >= 15 is 0 Å². The average molecular weight is 219 g/mol. The fraction of sp³-hybridized carbons (Fsp3) is 0.545. The number of hydrogen-bond acceptors (Lipinski definition) is 5. The highest BCUT2D eigenvalue weighted by atomic mass is 15.0. The zero-order valence-corrected chi connectivity index (χ0v) is 9.91. The summed E-state index contributed by atoms with van der Waals surface area (Å²) >= 11 is 0. The Hall–Kier alpha value is -1.67. The molecule has 1 aromatic heterocycles. The van der Waals surface area contributed by atoms with Gasteiger partial charge in [0.1, 0.15) is 11.9 Å². The number of aromatic nitrogens is 2. The minimum absolute atomic E-state index is 0.142. The molecular formula is C11H17N5. The van der Waals surface area contributed by atoms with Gasteiger partial charge in [0.05, 0.1) is 0 Å². The van der Waals surface area contributed by atoms with Gasteiger partial charge in [0.15, 0.2) is 0 Å². The fourth-order valence-electron chi connectivity index (χ4n) is 1.11. The number of rotatable bonds is 3. The third-order valence-corrected chi connectivity index (χ3v) is 1.97. The smallest absolute Gasteiger partial charge is 0.234 e. The van der Waals surface area contributed by atoms with Gasteiger partial charge in [-0.1, -0.05) is 20.8 Å².